The van der Waals surface area contributed by atoms with Crippen LogP contribution in [0.1, 0.15) is 22.6 Å². The van der Waals surface area contributed by atoms with Crippen molar-refractivity contribution < 1.29 is 14.6 Å². The molecule has 0 aliphatic heterocycles. The number of nitrogen functional groups attached to an aromatic ring is 1. The van der Waals surface area contributed by atoms with Crippen LogP contribution in [0, 0.1) is 11.8 Å². The number of nitrogens with two attached hydrogens (primary N) is 1. The summed E-state index contributed by atoms with van der Waals surface area (Å²) in [5.41, 5.74) is 11.2. The predicted octanol–water partition coefficient (Wildman–Crippen LogP) is 3.86. The molecule has 1 aliphatic rings. The molecule has 1 aliphatic carbocycles. The number of carbonyl (C=O) groups excluding carboxylic acids is 1. The lowest BCUT2D eigenvalue weighted by Gasteiger charge is -2.14. The van der Waals surface area contributed by atoms with Crippen LogP contribution >= 0.6 is 0 Å². The van der Waals surface area contributed by atoms with Crippen LogP contribution in [0.3, 0.4) is 0 Å². The van der Waals surface area contributed by atoms with Crippen molar-refractivity contribution in [1.82, 2.24) is 5.32 Å². The number of benzene rings is 3. The van der Waals surface area contributed by atoms with Crippen molar-refractivity contribution in [3.8, 4) is 28.7 Å². The van der Waals surface area contributed by atoms with E-state index in [0.717, 1.165) is 0 Å². The second-order valence-electron chi connectivity index (χ2n) is 6.75. The van der Waals surface area contributed by atoms with Gasteiger partial charge in [0.05, 0.1) is 12.2 Å². The molecule has 0 unspecified atom stereocenters. The number of amides is 1. The van der Waals surface area contributed by atoms with E-state index in [1.165, 1.54) is 28.3 Å². The standard InChI is InChI=1S/C24H20N2O3/c25-22-12-11-16(14-23(22)27)6-5-13-26-24(28)29-15-21-19-9-3-1-7-17(19)18-8-2-4-10-20(18)21/h1-4,7-12,14,21,27H,13,15,25H2,(H,26,28). The van der Waals surface area contributed by atoms with Crippen LogP contribution < -0.4 is 11.1 Å². The minimum atomic E-state index is -0.513. The highest BCUT2D eigenvalue weighted by molar-refractivity contribution is 5.79. The highest BCUT2D eigenvalue weighted by atomic mass is 16.5. The van der Waals surface area contributed by atoms with E-state index in [0.29, 0.717) is 11.3 Å². The van der Waals surface area contributed by atoms with Gasteiger partial charge in [0, 0.05) is 11.5 Å². The van der Waals surface area contributed by atoms with Gasteiger partial charge in [0.1, 0.15) is 12.4 Å². The van der Waals surface area contributed by atoms with Crippen LogP contribution in [-0.2, 0) is 4.74 Å². The number of phenolic OH excluding ortho intramolecular Hbond substituents is 1. The monoisotopic (exact) mass is 384 g/mol. The number of carbonyl (C=O) groups is 1. The molecule has 3 aromatic rings. The Morgan fingerprint density at radius 2 is 1.69 bits per heavy atom. The van der Waals surface area contributed by atoms with Crippen LogP contribution in [0.5, 0.6) is 5.75 Å². The van der Waals surface area contributed by atoms with Crippen LogP contribution in [0.15, 0.2) is 66.7 Å². The molecular weight excluding hydrogens is 364 g/mol. The van der Waals surface area contributed by atoms with Crippen molar-refractivity contribution in [2.75, 3.05) is 18.9 Å². The second-order valence-corrected chi connectivity index (χ2v) is 6.75. The summed E-state index contributed by atoms with van der Waals surface area (Å²) in [7, 11) is 0. The summed E-state index contributed by atoms with van der Waals surface area (Å²) in [6.45, 7) is 0.404. The zero-order valence-corrected chi connectivity index (χ0v) is 15.7. The lowest BCUT2D eigenvalue weighted by Crippen LogP contribution is -2.26. The van der Waals surface area contributed by atoms with E-state index in [-0.39, 0.29) is 24.8 Å². The normalized spacial score (nSPS) is 11.7. The number of rotatable bonds is 3. The molecule has 5 nitrogen and oxygen atoms in total. The largest absolute Gasteiger partial charge is 0.506 e. The fourth-order valence-electron chi connectivity index (χ4n) is 3.53. The van der Waals surface area contributed by atoms with E-state index in [4.69, 9.17) is 10.5 Å². The summed E-state index contributed by atoms with van der Waals surface area (Å²) in [4.78, 5) is 12.1. The van der Waals surface area contributed by atoms with E-state index in [9.17, 15) is 9.90 Å². The summed E-state index contributed by atoms with van der Waals surface area (Å²) in [5.74, 6) is 5.69. The molecular formula is C24H20N2O3. The lowest BCUT2D eigenvalue weighted by molar-refractivity contribution is 0.144. The SMILES string of the molecule is Nc1ccc(C#CCNC(=O)OCC2c3ccccc3-c3ccccc32)cc1O. The summed E-state index contributed by atoms with van der Waals surface area (Å²) in [5, 5.41) is 12.2. The van der Waals surface area contributed by atoms with Crippen molar-refractivity contribution >= 4 is 11.8 Å². The fourth-order valence-corrected chi connectivity index (χ4v) is 3.53. The maximum atomic E-state index is 12.1. The van der Waals surface area contributed by atoms with Crippen LogP contribution in [0.4, 0.5) is 10.5 Å². The first-order valence-corrected chi connectivity index (χ1v) is 9.29. The van der Waals surface area contributed by atoms with Gasteiger partial charge in [0.2, 0.25) is 0 Å². The number of phenols is 1. The Balaban J connectivity index is 1.35. The van der Waals surface area contributed by atoms with Gasteiger partial charge >= 0.3 is 6.09 Å². The minimum absolute atomic E-state index is 0.0127. The molecule has 0 atom stereocenters. The van der Waals surface area contributed by atoms with E-state index in [2.05, 4.69) is 41.4 Å². The molecule has 0 saturated heterocycles. The third-order valence-corrected chi connectivity index (χ3v) is 4.93. The van der Waals surface area contributed by atoms with Gasteiger partial charge < -0.3 is 20.9 Å². The molecule has 0 bridgehead atoms. The second kappa shape index (κ2) is 7.99. The number of hydrogen-bond donors (Lipinski definition) is 3. The molecule has 144 valence electrons. The zero-order valence-electron chi connectivity index (χ0n) is 15.7. The van der Waals surface area contributed by atoms with Gasteiger partial charge in [-0.05, 0) is 40.5 Å². The highest BCUT2D eigenvalue weighted by Crippen LogP contribution is 2.44. The average molecular weight is 384 g/mol. The molecule has 5 heteroatoms. The van der Waals surface area contributed by atoms with E-state index < -0.39 is 6.09 Å². The Morgan fingerprint density at radius 3 is 2.34 bits per heavy atom. The zero-order chi connectivity index (χ0) is 20.2. The van der Waals surface area contributed by atoms with Crippen molar-refractivity contribution in [3.63, 3.8) is 0 Å². The van der Waals surface area contributed by atoms with E-state index in [1.807, 2.05) is 24.3 Å². The summed E-state index contributed by atoms with van der Waals surface area (Å²) >= 11 is 0. The quantitative estimate of drug-likeness (QED) is 0.364. The minimum Gasteiger partial charge on any atom is -0.506 e. The summed E-state index contributed by atoms with van der Waals surface area (Å²) < 4.78 is 5.45. The number of alkyl carbamates (subject to hydrolysis) is 1. The number of ether oxygens (including phenoxy) is 1. The Bertz CT molecular complexity index is 1080. The molecule has 4 rings (SSSR count). The van der Waals surface area contributed by atoms with Gasteiger partial charge in [-0.3, -0.25) is 0 Å². The Kier molecular flexibility index (Phi) is 5.08. The van der Waals surface area contributed by atoms with Gasteiger partial charge in [0.15, 0.2) is 0 Å². The molecule has 29 heavy (non-hydrogen) atoms. The third kappa shape index (κ3) is 3.87. The molecule has 0 spiro atoms. The first-order chi connectivity index (χ1) is 14.1. The topological polar surface area (TPSA) is 84.6 Å². The Labute approximate surface area is 169 Å². The number of anilines is 1. The summed E-state index contributed by atoms with van der Waals surface area (Å²) in [6.07, 6.45) is -0.513. The highest BCUT2D eigenvalue weighted by Gasteiger charge is 2.28. The molecule has 0 radical (unpaired) electrons. The fraction of sp³-hybridized carbons (Fsp3) is 0.125. The van der Waals surface area contributed by atoms with Crippen molar-refractivity contribution in [3.05, 3.63) is 83.4 Å². The van der Waals surface area contributed by atoms with Gasteiger partial charge in [0.25, 0.3) is 0 Å². The number of nitrogens with one attached hydrogen (secondary N) is 1. The van der Waals surface area contributed by atoms with Gasteiger partial charge in [-0.2, -0.15) is 0 Å². The molecule has 0 fully saturated rings. The Morgan fingerprint density at radius 1 is 1.03 bits per heavy atom. The van der Waals surface area contributed by atoms with Crippen molar-refractivity contribution in [2.45, 2.75) is 5.92 Å². The smallest absolute Gasteiger partial charge is 0.407 e. The molecule has 0 heterocycles. The van der Waals surface area contributed by atoms with Crippen molar-refractivity contribution in [2.24, 2.45) is 0 Å². The van der Waals surface area contributed by atoms with Gasteiger partial charge in [-0.15, -0.1) is 0 Å². The maximum Gasteiger partial charge on any atom is 0.407 e. The molecule has 1 amide bonds. The van der Waals surface area contributed by atoms with Gasteiger partial charge in [-0.25, -0.2) is 4.79 Å². The van der Waals surface area contributed by atoms with Gasteiger partial charge in [-0.1, -0.05) is 60.4 Å². The molecule has 3 aromatic carbocycles. The van der Waals surface area contributed by atoms with Crippen LogP contribution in [-0.4, -0.2) is 24.4 Å². The van der Waals surface area contributed by atoms with Crippen LogP contribution in [0.25, 0.3) is 11.1 Å². The molecule has 4 N–H and O–H groups in total. The molecule has 0 aromatic heterocycles. The predicted molar refractivity (Wildman–Crippen MR) is 112 cm³/mol. The Hall–Kier alpha value is -3.91. The summed E-state index contributed by atoms with van der Waals surface area (Å²) in [6, 6.07) is 21.2. The first kappa shape index (κ1) is 18.5. The molecule has 0 saturated carbocycles. The van der Waals surface area contributed by atoms with E-state index in [1.54, 1.807) is 12.1 Å². The average Bonchev–Trinajstić information content (AvgIpc) is 3.06. The van der Waals surface area contributed by atoms with Crippen molar-refractivity contribution in [1.29, 1.82) is 0 Å². The first-order valence-electron chi connectivity index (χ1n) is 9.29. The number of hydrogen-bond acceptors (Lipinski definition) is 4. The third-order valence-electron chi connectivity index (χ3n) is 4.93. The maximum absolute atomic E-state index is 12.1. The lowest BCUT2D eigenvalue weighted by atomic mass is 9.98. The number of fused-ring (bicyclic) bond motifs is 3. The van der Waals surface area contributed by atoms with E-state index >= 15 is 0 Å². The number of aromatic hydroxyl groups is 1. The van der Waals surface area contributed by atoms with Crippen LogP contribution in [0.2, 0.25) is 0 Å².